The van der Waals surface area contributed by atoms with Crippen LogP contribution < -0.4 is 10.1 Å². The van der Waals surface area contributed by atoms with E-state index in [1.165, 1.54) is 12.1 Å². The molecular formula is C24H26FN7O2. The van der Waals surface area contributed by atoms with Crippen LogP contribution in [-0.2, 0) is 24.8 Å². The zero-order valence-corrected chi connectivity index (χ0v) is 19.5. The summed E-state index contributed by atoms with van der Waals surface area (Å²) in [4.78, 5) is 6.16. The molecule has 176 valence electrons. The van der Waals surface area contributed by atoms with Gasteiger partial charge in [0.1, 0.15) is 24.3 Å². The zero-order chi connectivity index (χ0) is 23.8. The Morgan fingerprint density at radius 3 is 2.88 bits per heavy atom. The molecule has 1 atom stereocenters. The molecule has 0 aliphatic carbocycles. The number of nitrogens with zero attached hydrogens (tertiary/aromatic N) is 6. The van der Waals surface area contributed by atoms with Crippen molar-refractivity contribution in [1.82, 2.24) is 29.8 Å². The topological polar surface area (TPSA) is 91.9 Å². The van der Waals surface area contributed by atoms with Crippen LogP contribution in [-0.4, -0.2) is 43.6 Å². The number of halogens is 1. The van der Waals surface area contributed by atoms with Crippen LogP contribution in [0, 0.1) is 5.82 Å². The number of fused-ring (bicyclic) bond motifs is 7. The van der Waals surface area contributed by atoms with Gasteiger partial charge in [0.25, 0.3) is 0 Å². The predicted octanol–water partition coefficient (Wildman–Crippen LogP) is 3.96. The van der Waals surface area contributed by atoms with E-state index in [-0.39, 0.29) is 12.5 Å². The van der Waals surface area contributed by atoms with E-state index in [4.69, 9.17) is 9.47 Å². The number of aryl methyl sites for hydroxylation is 2. The van der Waals surface area contributed by atoms with E-state index in [9.17, 15) is 4.39 Å². The van der Waals surface area contributed by atoms with Gasteiger partial charge in [-0.1, -0.05) is 0 Å². The largest absolute Gasteiger partial charge is 0.482 e. The lowest BCUT2D eigenvalue weighted by Crippen LogP contribution is -2.12. The van der Waals surface area contributed by atoms with Gasteiger partial charge in [0.15, 0.2) is 11.6 Å². The van der Waals surface area contributed by atoms with Gasteiger partial charge in [0, 0.05) is 55.6 Å². The average molecular weight is 464 g/mol. The smallest absolute Gasteiger partial charge is 0.170 e. The first kappa shape index (κ1) is 22.0. The Hall–Kier alpha value is -3.79. The number of hydrogen-bond donors (Lipinski definition) is 1. The number of pyridine rings is 1. The Bertz CT molecular complexity index is 1350. The molecule has 0 spiro atoms. The Morgan fingerprint density at radius 1 is 1.24 bits per heavy atom. The quantitative estimate of drug-likeness (QED) is 0.458. The fourth-order valence-electron chi connectivity index (χ4n) is 4.36. The van der Waals surface area contributed by atoms with Crippen molar-refractivity contribution >= 4 is 5.82 Å². The summed E-state index contributed by atoms with van der Waals surface area (Å²) in [5.74, 6) is 0.728. The van der Waals surface area contributed by atoms with E-state index in [1.807, 2.05) is 30.8 Å². The molecule has 1 aliphatic rings. The van der Waals surface area contributed by atoms with Crippen molar-refractivity contribution in [3.05, 3.63) is 59.3 Å². The summed E-state index contributed by atoms with van der Waals surface area (Å²) in [7, 11) is 3.38. The lowest BCUT2D eigenvalue weighted by atomic mass is 9.96. The lowest BCUT2D eigenvalue weighted by Gasteiger charge is -2.21. The maximum atomic E-state index is 14.4. The second kappa shape index (κ2) is 8.86. The van der Waals surface area contributed by atoms with E-state index >= 15 is 0 Å². The van der Waals surface area contributed by atoms with E-state index in [1.54, 1.807) is 31.2 Å². The average Bonchev–Trinajstić information content (AvgIpc) is 3.40. The van der Waals surface area contributed by atoms with Crippen LogP contribution >= 0.6 is 0 Å². The molecular weight excluding hydrogens is 437 g/mol. The molecule has 10 heteroatoms. The van der Waals surface area contributed by atoms with Gasteiger partial charge in [0.05, 0.1) is 17.6 Å². The first-order valence-corrected chi connectivity index (χ1v) is 11.1. The van der Waals surface area contributed by atoms with Crippen LogP contribution in [0.2, 0.25) is 0 Å². The number of hydrogen-bond acceptors (Lipinski definition) is 7. The molecule has 4 heterocycles. The molecule has 0 fully saturated rings. The number of ether oxygens (including phenoxy) is 2. The van der Waals surface area contributed by atoms with Crippen molar-refractivity contribution in [2.24, 2.45) is 7.05 Å². The Morgan fingerprint density at radius 2 is 2.09 bits per heavy atom. The number of rotatable bonds is 4. The van der Waals surface area contributed by atoms with E-state index in [0.29, 0.717) is 35.8 Å². The molecule has 5 rings (SSSR count). The fourth-order valence-corrected chi connectivity index (χ4v) is 4.36. The maximum Gasteiger partial charge on any atom is 0.170 e. The van der Waals surface area contributed by atoms with Gasteiger partial charge >= 0.3 is 0 Å². The summed E-state index contributed by atoms with van der Waals surface area (Å²) in [5, 5.41) is 17.0. The summed E-state index contributed by atoms with van der Waals surface area (Å²) >= 11 is 0. The molecule has 1 aliphatic heterocycles. The van der Waals surface area contributed by atoms with Crippen molar-refractivity contribution < 1.29 is 13.9 Å². The fraction of sp³-hybridized carbons (Fsp3) is 0.333. The number of anilines is 1. The minimum absolute atomic E-state index is 0.267. The molecule has 3 aromatic heterocycles. The third-order valence-electron chi connectivity index (χ3n) is 5.88. The van der Waals surface area contributed by atoms with Crippen molar-refractivity contribution in [2.75, 3.05) is 19.2 Å². The highest BCUT2D eigenvalue weighted by molar-refractivity contribution is 5.71. The summed E-state index contributed by atoms with van der Waals surface area (Å²) in [6, 6.07) is 6.60. The van der Waals surface area contributed by atoms with Crippen LogP contribution in [0.3, 0.4) is 0 Å². The van der Waals surface area contributed by atoms with Gasteiger partial charge in [-0.3, -0.25) is 4.68 Å². The van der Waals surface area contributed by atoms with E-state index < -0.39 is 6.10 Å². The molecule has 1 unspecified atom stereocenters. The second-order valence-corrected chi connectivity index (χ2v) is 8.17. The third kappa shape index (κ3) is 3.90. The first-order valence-electron chi connectivity index (χ1n) is 11.1. The molecule has 1 N–H and O–H groups in total. The minimum atomic E-state index is -0.490. The molecule has 4 aromatic rings. The zero-order valence-electron chi connectivity index (χ0n) is 19.5. The standard InChI is InChI=1S/C24H26FN7O2/c1-5-32-23-15(12-28-32)8-20-22(30-31(3)29-20)18-7-6-17(25)10-19(18)14(2)34-21-9-16(23)11-26-24(21)27-13-33-4/h6-7,9-12,14H,5,8,13H2,1-4H3,(H,26,27). The van der Waals surface area contributed by atoms with Crippen LogP contribution in [0.25, 0.3) is 22.5 Å². The summed E-state index contributed by atoms with van der Waals surface area (Å²) in [6.45, 7) is 4.89. The SMILES string of the molecule is CCn1ncc2c1-c1cnc(NCOC)c(c1)OC(C)c1cc(F)ccc1-c1nn(C)nc1C2. The van der Waals surface area contributed by atoms with Crippen LogP contribution in [0.1, 0.15) is 36.8 Å². The summed E-state index contributed by atoms with van der Waals surface area (Å²) in [5.41, 5.74) is 5.74. The van der Waals surface area contributed by atoms with Crippen molar-refractivity contribution in [3.8, 4) is 28.3 Å². The summed E-state index contributed by atoms with van der Waals surface area (Å²) < 4.78 is 27.9. The predicted molar refractivity (Wildman–Crippen MR) is 125 cm³/mol. The highest BCUT2D eigenvalue weighted by atomic mass is 19.1. The molecule has 9 nitrogen and oxygen atoms in total. The molecule has 2 bridgehead atoms. The van der Waals surface area contributed by atoms with Gasteiger partial charge in [-0.15, -0.1) is 0 Å². The molecule has 34 heavy (non-hydrogen) atoms. The van der Waals surface area contributed by atoms with Gasteiger partial charge in [-0.2, -0.15) is 20.1 Å². The molecule has 0 radical (unpaired) electrons. The molecule has 0 amide bonds. The second-order valence-electron chi connectivity index (χ2n) is 8.17. The van der Waals surface area contributed by atoms with Gasteiger partial charge < -0.3 is 14.8 Å². The molecule has 0 saturated carbocycles. The Balaban J connectivity index is 1.76. The Kier molecular flexibility index (Phi) is 5.74. The van der Waals surface area contributed by atoms with Crippen molar-refractivity contribution in [2.45, 2.75) is 32.9 Å². The third-order valence-corrected chi connectivity index (χ3v) is 5.88. The van der Waals surface area contributed by atoms with Gasteiger partial charge in [0.2, 0.25) is 0 Å². The normalized spacial score (nSPS) is 14.8. The van der Waals surface area contributed by atoms with E-state index in [0.717, 1.165) is 28.1 Å². The monoisotopic (exact) mass is 463 g/mol. The van der Waals surface area contributed by atoms with Crippen LogP contribution in [0.5, 0.6) is 5.75 Å². The number of benzene rings is 1. The number of methoxy groups -OCH3 is 1. The number of aromatic nitrogens is 6. The first-order chi connectivity index (χ1) is 16.5. The Labute approximate surface area is 196 Å². The van der Waals surface area contributed by atoms with E-state index in [2.05, 4.69) is 25.6 Å². The minimum Gasteiger partial charge on any atom is -0.482 e. The van der Waals surface area contributed by atoms with Crippen LogP contribution in [0.15, 0.2) is 36.7 Å². The number of nitrogens with one attached hydrogen (secondary N) is 1. The van der Waals surface area contributed by atoms with Gasteiger partial charge in [-0.25, -0.2) is 9.37 Å². The lowest BCUT2D eigenvalue weighted by molar-refractivity contribution is 0.214. The van der Waals surface area contributed by atoms with Gasteiger partial charge in [-0.05, 0) is 38.1 Å². The maximum absolute atomic E-state index is 14.4. The molecule has 0 saturated heterocycles. The van der Waals surface area contributed by atoms with Crippen molar-refractivity contribution in [1.29, 1.82) is 0 Å². The van der Waals surface area contributed by atoms with Crippen molar-refractivity contribution in [3.63, 3.8) is 0 Å². The highest BCUT2D eigenvalue weighted by Crippen LogP contribution is 2.38. The summed E-state index contributed by atoms with van der Waals surface area (Å²) in [6.07, 6.45) is 3.67. The molecule has 1 aromatic carbocycles. The van der Waals surface area contributed by atoms with Crippen LogP contribution in [0.4, 0.5) is 10.2 Å². The highest BCUT2D eigenvalue weighted by Gasteiger charge is 2.25.